The van der Waals surface area contributed by atoms with E-state index >= 15 is 0 Å². The molecule has 0 aliphatic heterocycles. The van der Waals surface area contributed by atoms with Gasteiger partial charge in [0.15, 0.2) is 6.61 Å². The van der Waals surface area contributed by atoms with E-state index < -0.39 is 5.91 Å². The van der Waals surface area contributed by atoms with Crippen LogP contribution in [0.4, 0.5) is 5.69 Å². The van der Waals surface area contributed by atoms with Crippen LogP contribution in [0.25, 0.3) is 0 Å². The van der Waals surface area contributed by atoms with Gasteiger partial charge >= 0.3 is 0 Å². The van der Waals surface area contributed by atoms with E-state index in [2.05, 4.69) is 24.7 Å². The van der Waals surface area contributed by atoms with Crippen molar-refractivity contribution in [2.24, 2.45) is 0 Å². The lowest BCUT2D eigenvalue weighted by Crippen LogP contribution is -2.43. The number of benzene rings is 2. The molecular weight excluding hydrogens is 330 g/mol. The summed E-state index contributed by atoms with van der Waals surface area (Å²) in [6.07, 6.45) is 0. The summed E-state index contributed by atoms with van der Waals surface area (Å²) in [5, 5.41) is 0. The molecule has 0 aliphatic rings. The molecule has 0 aromatic heterocycles. The lowest BCUT2D eigenvalue weighted by Gasteiger charge is -2.14. The van der Waals surface area contributed by atoms with Crippen LogP contribution in [0.2, 0.25) is 0 Å². The van der Waals surface area contributed by atoms with Gasteiger partial charge in [-0.3, -0.25) is 20.4 Å². The van der Waals surface area contributed by atoms with Crippen molar-refractivity contribution in [1.82, 2.24) is 10.9 Å². The Bertz CT molecular complexity index is 755. The van der Waals surface area contributed by atoms with Gasteiger partial charge in [-0.1, -0.05) is 32.0 Å². The van der Waals surface area contributed by atoms with Crippen molar-refractivity contribution in [2.45, 2.75) is 19.8 Å². The topological polar surface area (TPSA) is 70.7 Å². The first-order valence-corrected chi connectivity index (χ1v) is 8.46. The second-order valence-electron chi connectivity index (χ2n) is 6.46. The van der Waals surface area contributed by atoms with Gasteiger partial charge < -0.3 is 9.64 Å². The Hall–Kier alpha value is -3.02. The maximum Gasteiger partial charge on any atom is 0.276 e. The van der Waals surface area contributed by atoms with Gasteiger partial charge in [0.2, 0.25) is 0 Å². The SMILES string of the molecule is CC(C)c1ccc(OCC(=O)NNC(=O)c2cccc(N(C)C)c2)cc1. The first kappa shape index (κ1) is 19.3. The molecule has 138 valence electrons. The molecule has 0 atom stereocenters. The Morgan fingerprint density at radius 2 is 1.73 bits per heavy atom. The summed E-state index contributed by atoms with van der Waals surface area (Å²) in [6.45, 7) is 4.04. The van der Waals surface area contributed by atoms with Crippen LogP contribution in [0.5, 0.6) is 5.75 Å². The third-order valence-corrected chi connectivity index (χ3v) is 3.86. The van der Waals surface area contributed by atoms with Crippen molar-refractivity contribution >= 4 is 17.5 Å². The van der Waals surface area contributed by atoms with Crippen molar-refractivity contribution < 1.29 is 14.3 Å². The van der Waals surface area contributed by atoms with Crippen LogP contribution in [0.15, 0.2) is 48.5 Å². The third kappa shape index (κ3) is 5.51. The van der Waals surface area contributed by atoms with Gasteiger partial charge in [0.25, 0.3) is 11.8 Å². The summed E-state index contributed by atoms with van der Waals surface area (Å²) < 4.78 is 5.42. The molecule has 0 saturated heterocycles. The van der Waals surface area contributed by atoms with Crippen LogP contribution in [-0.4, -0.2) is 32.5 Å². The zero-order valence-corrected chi connectivity index (χ0v) is 15.6. The first-order chi connectivity index (χ1) is 12.4. The molecule has 2 rings (SSSR count). The Morgan fingerprint density at radius 3 is 2.35 bits per heavy atom. The van der Waals surface area contributed by atoms with E-state index in [0.717, 1.165) is 5.69 Å². The molecule has 2 aromatic rings. The van der Waals surface area contributed by atoms with Crippen molar-refractivity contribution in [3.63, 3.8) is 0 Å². The van der Waals surface area contributed by atoms with E-state index in [9.17, 15) is 9.59 Å². The number of hydrazine groups is 1. The fraction of sp³-hybridized carbons (Fsp3) is 0.300. The van der Waals surface area contributed by atoms with E-state index in [-0.39, 0.29) is 12.5 Å². The summed E-state index contributed by atoms with van der Waals surface area (Å²) in [6, 6.07) is 14.7. The molecule has 0 heterocycles. The third-order valence-electron chi connectivity index (χ3n) is 3.86. The van der Waals surface area contributed by atoms with Gasteiger partial charge in [0.1, 0.15) is 5.75 Å². The number of hydrogen-bond donors (Lipinski definition) is 2. The minimum Gasteiger partial charge on any atom is -0.484 e. The van der Waals surface area contributed by atoms with E-state index in [1.807, 2.05) is 49.3 Å². The Balaban J connectivity index is 1.81. The number of nitrogens with zero attached hydrogens (tertiary/aromatic N) is 1. The largest absolute Gasteiger partial charge is 0.484 e. The second kappa shape index (κ2) is 8.89. The van der Waals surface area contributed by atoms with E-state index in [0.29, 0.717) is 17.2 Å². The molecule has 6 heteroatoms. The number of rotatable bonds is 6. The lowest BCUT2D eigenvalue weighted by atomic mass is 10.0. The molecule has 26 heavy (non-hydrogen) atoms. The fourth-order valence-electron chi connectivity index (χ4n) is 2.26. The van der Waals surface area contributed by atoms with Gasteiger partial charge in [-0.15, -0.1) is 0 Å². The zero-order valence-electron chi connectivity index (χ0n) is 15.6. The number of ether oxygens (including phenoxy) is 1. The number of amides is 2. The minimum absolute atomic E-state index is 0.182. The fourth-order valence-corrected chi connectivity index (χ4v) is 2.26. The van der Waals surface area contributed by atoms with Crippen molar-refractivity contribution in [3.05, 3.63) is 59.7 Å². The van der Waals surface area contributed by atoms with Crippen LogP contribution >= 0.6 is 0 Å². The molecule has 6 nitrogen and oxygen atoms in total. The van der Waals surface area contributed by atoms with Gasteiger partial charge in [-0.2, -0.15) is 0 Å². The highest BCUT2D eigenvalue weighted by molar-refractivity contribution is 5.96. The molecule has 2 amide bonds. The Morgan fingerprint density at radius 1 is 1.04 bits per heavy atom. The lowest BCUT2D eigenvalue weighted by molar-refractivity contribution is -0.123. The van der Waals surface area contributed by atoms with Crippen LogP contribution in [0.3, 0.4) is 0 Å². The number of carbonyl (C=O) groups is 2. The number of hydrogen-bond acceptors (Lipinski definition) is 4. The summed E-state index contributed by atoms with van der Waals surface area (Å²) >= 11 is 0. The second-order valence-corrected chi connectivity index (χ2v) is 6.46. The summed E-state index contributed by atoms with van der Waals surface area (Å²) in [5.41, 5.74) is 7.30. The van der Waals surface area contributed by atoms with E-state index in [1.54, 1.807) is 18.2 Å². The smallest absolute Gasteiger partial charge is 0.276 e. The van der Waals surface area contributed by atoms with Crippen molar-refractivity contribution in [1.29, 1.82) is 0 Å². The molecule has 2 aromatic carbocycles. The normalized spacial score (nSPS) is 10.3. The highest BCUT2D eigenvalue weighted by Gasteiger charge is 2.09. The Kier molecular flexibility index (Phi) is 6.60. The Labute approximate surface area is 154 Å². The predicted molar refractivity (Wildman–Crippen MR) is 102 cm³/mol. The van der Waals surface area contributed by atoms with Gasteiger partial charge in [-0.25, -0.2) is 0 Å². The molecule has 0 spiro atoms. The summed E-state index contributed by atoms with van der Waals surface area (Å²) in [4.78, 5) is 25.9. The number of anilines is 1. The standard InChI is InChI=1S/C20H25N3O3/c1-14(2)15-8-10-18(11-9-15)26-13-19(24)21-22-20(25)16-6-5-7-17(12-16)23(3)4/h5-12,14H,13H2,1-4H3,(H,21,24)(H,22,25). The van der Waals surface area contributed by atoms with Gasteiger partial charge in [0.05, 0.1) is 0 Å². The van der Waals surface area contributed by atoms with Crippen molar-refractivity contribution in [2.75, 3.05) is 25.6 Å². The van der Waals surface area contributed by atoms with Crippen LogP contribution in [0, 0.1) is 0 Å². The van der Waals surface area contributed by atoms with E-state index in [1.165, 1.54) is 5.56 Å². The minimum atomic E-state index is -0.435. The number of carbonyl (C=O) groups excluding carboxylic acids is 2. The number of nitrogens with one attached hydrogen (secondary N) is 2. The molecule has 0 saturated carbocycles. The van der Waals surface area contributed by atoms with Crippen LogP contribution < -0.4 is 20.5 Å². The summed E-state index contributed by atoms with van der Waals surface area (Å²) in [7, 11) is 3.79. The molecular formula is C20H25N3O3. The van der Waals surface area contributed by atoms with E-state index in [4.69, 9.17) is 4.74 Å². The zero-order chi connectivity index (χ0) is 19.1. The average molecular weight is 355 g/mol. The molecule has 0 radical (unpaired) electrons. The van der Waals surface area contributed by atoms with Crippen LogP contribution in [0.1, 0.15) is 35.7 Å². The maximum absolute atomic E-state index is 12.1. The molecule has 0 unspecified atom stereocenters. The maximum atomic E-state index is 12.1. The molecule has 0 fully saturated rings. The van der Waals surface area contributed by atoms with Gasteiger partial charge in [-0.05, 0) is 41.8 Å². The highest BCUT2D eigenvalue weighted by Crippen LogP contribution is 2.18. The molecule has 2 N–H and O–H groups in total. The first-order valence-electron chi connectivity index (χ1n) is 8.46. The van der Waals surface area contributed by atoms with Gasteiger partial charge in [0, 0.05) is 25.3 Å². The predicted octanol–water partition coefficient (Wildman–Crippen LogP) is 2.72. The van der Waals surface area contributed by atoms with Crippen LogP contribution in [-0.2, 0) is 4.79 Å². The van der Waals surface area contributed by atoms with Crippen molar-refractivity contribution in [3.8, 4) is 5.75 Å². The molecule has 0 aliphatic carbocycles. The monoisotopic (exact) mass is 355 g/mol. The average Bonchev–Trinajstić information content (AvgIpc) is 2.64. The highest BCUT2D eigenvalue weighted by atomic mass is 16.5. The summed E-state index contributed by atoms with van der Waals surface area (Å²) in [5.74, 6) is 0.224. The quantitative estimate of drug-likeness (QED) is 0.782. The molecule has 0 bridgehead atoms.